The fraction of sp³-hybridized carbons (Fsp3) is 0.312. The summed E-state index contributed by atoms with van der Waals surface area (Å²) < 4.78 is 26.1. The summed E-state index contributed by atoms with van der Waals surface area (Å²) in [6, 6.07) is 11.9. The molecule has 0 saturated heterocycles. The van der Waals surface area contributed by atoms with Crippen molar-refractivity contribution in [2.75, 3.05) is 21.9 Å². The molecule has 0 radical (unpaired) electrons. The molecule has 1 aliphatic rings. The maximum atomic E-state index is 11.8. The van der Waals surface area contributed by atoms with Crippen LogP contribution in [0.3, 0.4) is 0 Å². The van der Waals surface area contributed by atoms with Gasteiger partial charge in [0.2, 0.25) is 10.0 Å². The van der Waals surface area contributed by atoms with Crippen molar-refractivity contribution in [2.24, 2.45) is 0 Å². The molecule has 1 aromatic carbocycles. The van der Waals surface area contributed by atoms with E-state index >= 15 is 0 Å². The van der Waals surface area contributed by atoms with Crippen LogP contribution in [0.5, 0.6) is 0 Å². The molecule has 0 bridgehead atoms. The Morgan fingerprint density at radius 1 is 1.23 bits per heavy atom. The molecule has 0 unspecified atom stereocenters. The molecule has 2 heterocycles. The van der Waals surface area contributed by atoms with Crippen molar-refractivity contribution < 1.29 is 8.42 Å². The monoisotopic (exact) mass is 317 g/mol. The first-order valence-electron chi connectivity index (χ1n) is 7.41. The Balaban J connectivity index is 1.78. The maximum absolute atomic E-state index is 11.8. The van der Waals surface area contributed by atoms with E-state index in [4.69, 9.17) is 0 Å². The molecule has 1 N–H and O–H groups in total. The second-order valence-corrected chi connectivity index (χ2v) is 7.20. The lowest BCUT2D eigenvalue weighted by Crippen LogP contribution is -2.17. The van der Waals surface area contributed by atoms with Crippen LogP contribution in [0.15, 0.2) is 42.6 Å². The van der Waals surface area contributed by atoms with E-state index in [0.717, 1.165) is 18.8 Å². The lowest BCUT2D eigenvalue weighted by atomic mass is 10.2. The number of benzene rings is 1. The molecular weight excluding hydrogens is 298 g/mol. The first kappa shape index (κ1) is 14.8. The summed E-state index contributed by atoms with van der Waals surface area (Å²) in [7, 11) is -3.27. The van der Waals surface area contributed by atoms with Crippen LogP contribution in [0.4, 0.5) is 17.2 Å². The Morgan fingerprint density at radius 2 is 2.05 bits per heavy atom. The number of pyridine rings is 1. The van der Waals surface area contributed by atoms with Gasteiger partial charge < -0.3 is 4.90 Å². The van der Waals surface area contributed by atoms with E-state index < -0.39 is 10.0 Å². The second kappa shape index (κ2) is 5.96. The predicted molar refractivity (Wildman–Crippen MR) is 89.1 cm³/mol. The molecule has 22 heavy (non-hydrogen) atoms. The second-order valence-electron chi connectivity index (χ2n) is 5.36. The highest BCUT2D eigenvalue weighted by atomic mass is 32.2. The molecule has 3 rings (SSSR count). The van der Waals surface area contributed by atoms with Crippen LogP contribution in [-0.4, -0.2) is 25.7 Å². The summed E-state index contributed by atoms with van der Waals surface area (Å²) in [4.78, 5) is 6.56. The van der Waals surface area contributed by atoms with Crippen molar-refractivity contribution in [3.63, 3.8) is 0 Å². The van der Waals surface area contributed by atoms with Crippen LogP contribution < -0.4 is 9.62 Å². The van der Waals surface area contributed by atoms with Gasteiger partial charge in [-0.1, -0.05) is 25.1 Å². The maximum Gasteiger partial charge on any atom is 0.232 e. The Kier molecular flexibility index (Phi) is 4.02. The van der Waals surface area contributed by atoms with Gasteiger partial charge in [0.25, 0.3) is 0 Å². The highest BCUT2D eigenvalue weighted by Gasteiger charge is 2.20. The number of nitrogens with one attached hydrogen (secondary N) is 1. The van der Waals surface area contributed by atoms with Gasteiger partial charge in [0, 0.05) is 12.2 Å². The fourth-order valence-corrected chi connectivity index (χ4v) is 3.80. The van der Waals surface area contributed by atoms with Gasteiger partial charge in [0.15, 0.2) is 0 Å². The summed E-state index contributed by atoms with van der Waals surface area (Å²) in [5, 5.41) is 0. The van der Waals surface area contributed by atoms with E-state index in [2.05, 4.69) is 26.7 Å². The molecule has 116 valence electrons. The van der Waals surface area contributed by atoms with E-state index in [-0.39, 0.29) is 5.75 Å². The third kappa shape index (κ3) is 3.06. The van der Waals surface area contributed by atoms with Gasteiger partial charge in [-0.05, 0) is 36.6 Å². The van der Waals surface area contributed by atoms with Crippen LogP contribution in [-0.2, 0) is 16.4 Å². The number of para-hydroxylation sites is 1. The number of sulfonamides is 1. The molecule has 5 nitrogen and oxygen atoms in total. The molecule has 0 fully saturated rings. The minimum atomic E-state index is -3.27. The Hall–Kier alpha value is -2.08. The van der Waals surface area contributed by atoms with E-state index in [1.54, 1.807) is 12.3 Å². The van der Waals surface area contributed by atoms with E-state index in [1.807, 2.05) is 25.1 Å². The molecule has 0 atom stereocenters. The average molecular weight is 317 g/mol. The average Bonchev–Trinajstić information content (AvgIpc) is 2.91. The Morgan fingerprint density at radius 3 is 2.77 bits per heavy atom. The molecule has 1 aliphatic heterocycles. The SMILES string of the molecule is CCCS(=O)(=O)Nc1ccc(N2CCc3ccccc32)nc1. The minimum absolute atomic E-state index is 0.119. The van der Waals surface area contributed by atoms with Crippen molar-refractivity contribution in [3.05, 3.63) is 48.2 Å². The molecular formula is C16H19N3O2S. The Bertz CT molecular complexity index is 757. The van der Waals surface area contributed by atoms with Gasteiger partial charge >= 0.3 is 0 Å². The molecule has 0 spiro atoms. The van der Waals surface area contributed by atoms with Crippen LogP contribution in [0.25, 0.3) is 0 Å². The molecule has 6 heteroatoms. The third-order valence-corrected chi connectivity index (χ3v) is 5.15. The lowest BCUT2D eigenvalue weighted by Gasteiger charge is -2.18. The lowest BCUT2D eigenvalue weighted by molar-refractivity contribution is 0.600. The number of rotatable bonds is 5. The van der Waals surface area contributed by atoms with Crippen molar-refractivity contribution in [1.82, 2.24) is 4.98 Å². The number of aromatic nitrogens is 1. The quantitative estimate of drug-likeness (QED) is 0.921. The minimum Gasteiger partial charge on any atom is -0.326 e. The number of hydrogen-bond acceptors (Lipinski definition) is 4. The summed E-state index contributed by atoms with van der Waals surface area (Å²) in [5.74, 6) is 0.956. The van der Waals surface area contributed by atoms with Crippen molar-refractivity contribution in [1.29, 1.82) is 0 Å². The number of hydrogen-bond donors (Lipinski definition) is 1. The fourth-order valence-electron chi connectivity index (χ4n) is 2.68. The number of nitrogens with zero attached hydrogens (tertiary/aromatic N) is 2. The van der Waals surface area contributed by atoms with E-state index in [1.165, 1.54) is 11.3 Å². The van der Waals surface area contributed by atoms with Gasteiger partial charge in [-0.25, -0.2) is 13.4 Å². The smallest absolute Gasteiger partial charge is 0.232 e. The van der Waals surface area contributed by atoms with Crippen molar-refractivity contribution >= 4 is 27.2 Å². The van der Waals surface area contributed by atoms with Crippen LogP contribution >= 0.6 is 0 Å². The molecule has 0 amide bonds. The van der Waals surface area contributed by atoms with Gasteiger partial charge in [0.1, 0.15) is 5.82 Å². The van der Waals surface area contributed by atoms with Crippen molar-refractivity contribution in [2.45, 2.75) is 19.8 Å². The Labute approximate surface area is 131 Å². The van der Waals surface area contributed by atoms with Crippen LogP contribution in [0.2, 0.25) is 0 Å². The summed E-state index contributed by atoms with van der Waals surface area (Å²) >= 11 is 0. The van der Waals surface area contributed by atoms with Gasteiger partial charge in [-0.2, -0.15) is 0 Å². The zero-order valence-corrected chi connectivity index (χ0v) is 13.3. The zero-order valence-electron chi connectivity index (χ0n) is 12.5. The van der Waals surface area contributed by atoms with Crippen molar-refractivity contribution in [3.8, 4) is 0 Å². The zero-order chi connectivity index (χ0) is 15.6. The summed E-state index contributed by atoms with van der Waals surface area (Å²) in [6.45, 7) is 2.73. The topological polar surface area (TPSA) is 62.3 Å². The van der Waals surface area contributed by atoms with Gasteiger partial charge in [-0.15, -0.1) is 0 Å². The van der Waals surface area contributed by atoms with Gasteiger partial charge in [0.05, 0.1) is 17.6 Å². The normalized spacial score (nSPS) is 14.0. The molecule has 2 aromatic rings. The van der Waals surface area contributed by atoms with E-state index in [0.29, 0.717) is 12.1 Å². The molecule has 0 saturated carbocycles. The first-order chi connectivity index (χ1) is 10.6. The standard InChI is InChI=1S/C16H19N3O2S/c1-2-11-22(20,21)18-14-7-8-16(17-12-14)19-10-9-13-5-3-4-6-15(13)19/h3-8,12,18H,2,9-11H2,1H3. The number of fused-ring (bicyclic) bond motifs is 1. The number of anilines is 3. The first-order valence-corrected chi connectivity index (χ1v) is 9.06. The summed E-state index contributed by atoms with van der Waals surface area (Å²) in [6.07, 6.45) is 3.16. The highest BCUT2D eigenvalue weighted by molar-refractivity contribution is 7.92. The van der Waals surface area contributed by atoms with Gasteiger partial charge in [-0.3, -0.25) is 4.72 Å². The van der Waals surface area contributed by atoms with Crippen LogP contribution in [0, 0.1) is 0 Å². The largest absolute Gasteiger partial charge is 0.326 e. The molecule has 0 aliphatic carbocycles. The predicted octanol–water partition coefficient (Wildman–Crippen LogP) is 2.93. The highest BCUT2D eigenvalue weighted by Crippen LogP contribution is 2.33. The summed E-state index contributed by atoms with van der Waals surface area (Å²) in [5.41, 5.74) is 3.00. The third-order valence-electron chi connectivity index (χ3n) is 3.66. The van der Waals surface area contributed by atoms with Crippen LogP contribution in [0.1, 0.15) is 18.9 Å². The van der Waals surface area contributed by atoms with E-state index in [9.17, 15) is 8.42 Å². The molecule has 1 aromatic heterocycles.